The van der Waals surface area contributed by atoms with Crippen molar-refractivity contribution in [2.24, 2.45) is 0 Å². The molecule has 3 nitrogen and oxygen atoms in total. The minimum atomic E-state index is -0.313. The van der Waals surface area contributed by atoms with Gasteiger partial charge in [-0.3, -0.25) is 4.79 Å². The number of carbonyl (C=O) groups excluding carboxylic acids is 1. The first kappa shape index (κ1) is 19.5. The van der Waals surface area contributed by atoms with Crippen molar-refractivity contribution >= 4 is 65.8 Å². The molecule has 1 unspecified atom stereocenters. The summed E-state index contributed by atoms with van der Waals surface area (Å²) >= 11 is 14.3. The normalized spacial score (nSPS) is 12.0. The number of thiazole rings is 1. The number of benzene rings is 2. The van der Waals surface area contributed by atoms with Crippen molar-refractivity contribution in [1.29, 1.82) is 0 Å². The Balaban J connectivity index is 1.56. The van der Waals surface area contributed by atoms with Crippen LogP contribution in [0.5, 0.6) is 0 Å². The van der Waals surface area contributed by atoms with Crippen molar-refractivity contribution < 1.29 is 4.79 Å². The monoisotopic (exact) mass is 512 g/mol. The molecule has 0 aliphatic heterocycles. The highest BCUT2D eigenvalue weighted by Crippen LogP contribution is 2.23. The van der Waals surface area contributed by atoms with E-state index in [0.717, 1.165) is 31.9 Å². The molecule has 3 aromatic rings. The summed E-state index contributed by atoms with van der Waals surface area (Å²) in [6.07, 6.45) is 3.18. The molecule has 7 heteroatoms. The lowest BCUT2D eigenvalue weighted by Gasteiger charge is -2.09. The first-order valence-electron chi connectivity index (χ1n) is 7.88. The average molecular weight is 515 g/mol. The van der Waals surface area contributed by atoms with Gasteiger partial charge < -0.3 is 5.32 Å². The molecule has 0 aliphatic carbocycles. The van der Waals surface area contributed by atoms with Gasteiger partial charge in [-0.2, -0.15) is 0 Å². The summed E-state index contributed by atoms with van der Waals surface area (Å²) in [7, 11) is 0. The molecular formula is C19H15Br2ClN2OS. The third-order valence-corrected chi connectivity index (χ3v) is 6.12. The number of amides is 1. The zero-order chi connectivity index (χ0) is 18.5. The van der Waals surface area contributed by atoms with Crippen LogP contribution in [0.3, 0.4) is 0 Å². The van der Waals surface area contributed by atoms with Gasteiger partial charge in [0, 0.05) is 27.0 Å². The Morgan fingerprint density at radius 2 is 1.77 bits per heavy atom. The molecule has 1 atom stereocenters. The Kier molecular flexibility index (Phi) is 6.86. The van der Waals surface area contributed by atoms with Gasteiger partial charge in [-0.25, -0.2) is 4.98 Å². The summed E-state index contributed by atoms with van der Waals surface area (Å²) in [6.45, 7) is 0. The van der Waals surface area contributed by atoms with E-state index in [1.165, 1.54) is 11.3 Å². The number of rotatable bonds is 6. The highest BCUT2D eigenvalue weighted by atomic mass is 79.9. The largest absolute Gasteiger partial charge is 0.301 e. The molecule has 0 spiro atoms. The summed E-state index contributed by atoms with van der Waals surface area (Å²) in [6, 6.07) is 15.7. The summed E-state index contributed by atoms with van der Waals surface area (Å²) in [5, 5.41) is 4.21. The van der Waals surface area contributed by atoms with Gasteiger partial charge in [-0.1, -0.05) is 67.7 Å². The fourth-order valence-electron chi connectivity index (χ4n) is 2.35. The molecular weight excluding hydrogens is 500 g/mol. The second kappa shape index (κ2) is 9.13. The second-order valence-electron chi connectivity index (χ2n) is 5.72. The summed E-state index contributed by atoms with van der Waals surface area (Å²) in [5.74, 6) is -0.0969. The van der Waals surface area contributed by atoms with E-state index in [1.807, 2.05) is 48.5 Å². The number of carbonyl (C=O) groups is 1. The SMILES string of the molecule is O=C(Nc1ncc(Cc2ccc(Cl)cc2)s1)C(Br)Cc1ccc(Br)cc1. The number of halogens is 3. The second-order valence-corrected chi connectivity index (χ2v) is 9.29. The van der Waals surface area contributed by atoms with Crippen molar-refractivity contribution in [3.8, 4) is 0 Å². The Labute approximate surface area is 178 Å². The third-order valence-electron chi connectivity index (χ3n) is 3.69. The number of nitrogens with one attached hydrogen (secondary N) is 1. The quantitative estimate of drug-likeness (QED) is 0.404. The fraction of sp³-hybridized carbons (Fsp3) is 0.158. The van der Waals surface area contributed by atoms with Gasteiger partial charge in [0.1, 0.15) is 0 Å². The van der Waals surface area contributed by atoms with Gasteiger partial charge in [0.2, 0.25) is 5.91 Å². The number of hydrogen-bond donors (Lipinski definition) is 1. The van der Waals surface area contributed by atoms with Crippen LogP contribution < -0.4 is 5.32 Å². The molecule has 0 fully saturated rings. The van der Waals surface area contributed by atoms with Gasteiger partial charge in [0.05, 0.1) is 4.83 Å². The predicted octanol–water partition coefficient (Wildman–Crippen LogP) is 6.09. The lowest BCUT2D eigenvalue weighted by atomic mass is 10.1. The number of alkyl halides is 1. The minimum Gasteiger partial charge on any atom is -0.301 e. The lowest BCUT2D eigenvalue weighted by molar-refractivity contribution is -0.115. The third kappa shape index (κ3) is 5.64. The molecule has 0 bridgehead atoms. The maximum Gasteiger partial charge on any atom is 0.240 e. The Hall–Kier alpha value is -1.21. The molecule has 0 saturated carbocycles. The lowest BCUT2D eigenvalue weighted by Crippen LogP contribution is -2.24. The van der Waals surface area contributed by atoms with Crippen LogP contribution in [0.15, 0.2) is 59.2 Å². The Morgan fingerprint density at radius 1 is 1.12 bits per heavy atom. The topological polar surface area (TPSA) is 42.0 Å². The number of aromatic nitrogens is 1. The molecule has 1 amide bonds. The molecule has 0 aliphatic rings. The molecule has 3 rings (SSSR count). The fourth-order valence-corrected chi connectivity index (χ4v) is 4.08. The average Bonchev–Trinajstić information content (AvgIpc) is 3.06. The van der Waals surface area contributed by atoms with E-state index in [1.54, 1.807) is 6.20 Å². The molecule has 2 aromatic carbocycles. The Morgan fingerprint density at radius 3 is 2.46 bits per heavy atom. The van der Waals surface area contributed by atoms with Crippen molar-refractivity contribution in [3.05, 3.63) is 80.2 Å². The molecule has 0 saturated heterocycles. The van der Waals surface area contributed by atoms with Crippen molar-refractivity contribution in [2.45, 2.75) is 17.7 Å². The van der Waals surface area contributed by atoms with Gasteiger partial charge >= 0.3 is 0 Å². The van der Waals surface area contributed by atoms with Crippen molar-refractivity contribution in [3.63, 3.8) is 0 Å². The molecule has 134 valence electrons. The van der Waals surface area contributed by atoms with E-state index < -0.39 is 0 Å². The van der Waals surface area contributed by atoms with Gasteiger partial charge in [0.25, 0.3) is 0 Å². The van der Waals surface area contributed by atoms with Crippen LogP contribution in [0.1, 0.15) is 16.0 Å². The van der Waals surface area contributed by atoms with Crippen molar-refractivity contribution in [1.82, 2.24) is 4.98 Å². The van der Waals surface area contributed by atoms with E-state index in [-0.39, 0.29) is 10.7 Å². The molecule has 1 aromatic heterocycles. The van der Waals surface area contributed by atoms with Crippen LogP contribution in [0, 0.1) is 0 Å². The van der Waals surface area contributed by atoms with E-state index >= 15 is 0 Å². The van der Waals surface area contributed by atoms with Crippen molar-refractivity contribution in [2.75, 3.05) is 5.32 Å². The minimum absolute atomic E-state index is 0.0969. The Bertz CT molecular complexity index is 881. The summed E-state index contributed by atoms with van der Waals surface area (Å²) < 4.78 is 1.02. The standard InChI is InChI=1S/C19H15Br2ClN2OS/c20-14-5-1-13(2-6-14)10-17(21)18(25)24-19-23-11-16(26-19)9-12-3-7-15(22)8-4-12/h1-8,11,17H,9-10H2,(H,23,24,25). The van der Waals surface area contributed by atoms with Crippen LogP contribution in [0.4, 0.5) is 5.13 Å². The predicted molar refractivity (Wildman–Crippen MR) is 116 cm³/mol. The van der Waals surface area contributed by atoms with E-state index in [0.29, 0.717) is 11.6 Å². The molecule has 26 heavy (non-hydrogen) atoms. The molecule has 1 heterocycles. The molecule has 1 N–H and O–H groups in total. The van der Waals surface area contributed by atoms with Gasteiger partial charge in [0.15, 0.2) is 5.13 Å². The maximum atomic E-state index is 12.4. The summed E-state index contributed by atoms with van der Waals surface area (Å²) in [4.78, 5) is 17.5. The van der Waals surface area contributed by atoms with Crippen LogP contribution in [-0.4, -0.2) is 15.7 Å². The van der Waals surface area contributed by atoms with Crippen LogP contribution in [-0.2, 0) is 17.6 Å². The first-order valence-corrected chi connectivity index (χ1v) is 10.8. The van der Waals surface area contributed by atoms with Gasteiger partial charge in [-0.15, -0.1) is 11.3 Å². The van der Waals surface area contributed by atoms with Crippen LogP contribution in [0.25, 0.3) is 0 Å². The molecule has 0 radical (unpaired) electrons. The number of nitrogens with zero attached hydrogens (tertiary/aromatic N) is 1. The first-order chi connectivity index (χ1) is 12.5. The zero-order valence-corrected chi connectivity index (χ0v) is 18.3. The van der Waals surface area contributed by atoms with E-state index in [4.69, 9.17) is 11.6 Å². The van der Waals surface area contributed by atoms with Gasteiger partial charge in [-0.05, 0) is 41.8 Å². The van der Waals surface area contributed by atoms with E-state index in [2.05, 4.69) is 42.2 Å². The van der Waals surface area contributed by atoms with E-state index in [9.17, 15) is 4.79 Å². The van der Waals surface area contributed by atoms with Crippen LogP contribution in [0.2, 0.25) is 5.02 Å². The number of anilines is 1. The highest BCUT2D eigenvalue weighted by Gasteiger charge is 2.17. The van der Waals surface area contributed by atoms with Crippen LogP contribution >= 0.6 is 54.8 Å². The maximum absolute atomic E-state index is 12.4. The zero-order valence-electron chi connectivity index (χ0n) is 13.6. The highest BCUT2D eigenvalue weighted by molar-refractivity contribution is 9.10. The summed E-state index contributed by atoms with van der Waals surface area (Å²) in [5.41, 5.74) is 2.25. The smallest absolute Gasteiger partial charge is 0.240 e. The number of hydrogen-bond acceptors (Lipinski definition) is 3.